The molecule has 2 aromatic carbocycles. The summed E-state index contributed by atoms with van der Waals surface area (Å²) in [6.45, 7) is -0.218. The zero-order chi connectivity index (χ0) is 20.2. The van der Waals surface area contributed by atoms with Gasteiger partial charge in [0.25, 0.3) is 5.91 Å². The highest BCUT2D eigenvalue weighted by Gasteiger charge is 2.17. The van der Waals surface area contributed by atoms with Crippen LogP contribution in [-0.2, 0) is 0 Å². The highest BCUT2D eigenvalue weighted by molar-refractivity contribution is 5.94. The molecule has 0 saturated carbocycles. The Morgan fingerprint density at radius 2 is 1.86 bits per heavy atom. The molecule has 146 valence electrons. The van der Waals surface area contributed by atoms with Crippen molar-refractivity contribution in [1.82, 2.24) is 10.3 Å². The minimum Gasteiger partial charge on any atom is -0.456 e. The number of aliphatic hydroxyl groups excluding tert-OH is 1. The normalized spacial score (nSPS) is 12.8. The maximum Gasteiger partial charge on any atom is 0.268 e. The molecule has 1 amide bonds. The van der Waals surface area contributed by atoms with Gasteiger partial charge in [0.1, 0.15) is 22.4 Å². The summed E-state index contributed by atoms with van der Waals surface area (Å²) < 4.78 is 5.89. The van der Waals surface area contributed by atoms with Crippen molar-refractivity contribution in [3.63, 3.8) is 0 Å². The molecular formula is C22H19N3O4. The molecule has 1 atom stereocenters. The van der Waals surface area contributed by atoms with E-state index in [4.69, 9.17) is 4.42 Å². The van der Waals surface area contributed by atoms with Crippen molar-refractivity contribution >= 4 is 16.9 Å². The highest BCUT2D eigenvalue weighted by atomic mass is 16.4. The number of amides is 1. The van der Waals surface area contributed by atoms with Crippen LogP contribution in [0.3, 0.4) is 0 Å². The molecule has 0 bridgehead atoms. The summed E-state index contributed by atoms with van der Waals surface area (Å²) in [5.41, 5.74) is 2.33. The second kappa shape index (κ2) is 8.04. The summed E-state index contributed by atoms with van der Waals surface area (Å²) >= 11 is 0. The van der Waals surface area contributed by atoms with E-state index in [1.165, 1.54) is 0 Å². The lowest BCUT2D eigenvalue weighted by Gasteiger charge is -2.16. The number of aromatic nitrogens is 1. The van der Waals surface area contributed by atoms with Crippen molar-refractivity contribution in [1.29, 1.82) is 0 Å². The first-order chi connectivity index (χ1) is 14.2. The number of fused-ring (bicyclic) bond motifs is 1. The van der Waals surface area contributed by atoms with E-state index in [2.05, 4.69) is 15.5 Å². The molecule has 0 fully saturated rings. The van der Waals surface area contributed by atoms with Gasteiger partial charge in [0.2, 0.25) is 0 Å². The molecule has 0 saturated heterocycles. The Bertz CT molecular complexity index is 1210. The van der Waals surface area contributed by atoms with Gasteiger partial charge in [0.05, 0.1) is 12.6 Å². The van der Waals surface area contributed by atoms with E-state index in [1.807, 2.05) is 42.5 Å². The van der Waals surface area contributed by atoms with E-state index < -0.39 is 6.04 Å². The molecule has 7 heteroatoms. The summed E-state index contributed by atoms with van der Waals surface area (Å²) in [5.74, 6) is 0.0978. The number of aromatic amines is 1. The molecule has 7 nitrogen and oxygen atoms in total. The van der Waals surface area contributed by atoms with Crippen LogP contribution in [0.4, 0.5) is 0 Å². The monoisotopic (exact) mass is 389 g/mol. The Labute approximate surface area is 165 Å². The maximum atomic E-state index is 12.6. The van der Waals surface area contributed by atoms with Crippen molar-refractivity contribution in [2.75, 3.05) is 6.61 Å². The molecule has 4 aromatic rings. The Kier molecular flexibility index (Phi) is 5.13. The summed E-state index contributed by atoms with van der Waals surface area (Å²) in [5, 5.41) is 26.2. The molecule has 0 radical (unpaired) electrons. The quantitative estimate of drug-likeness (QED) is 0.310. The van der Waals surface area contributed by atoms with Crippen LogP contribution in [0.25, 0.3) is 22.3 Å². The van der Waals surface area contributed by atoms with Crippen LogP contribution in [0.15, 0.2) is 82.5 Å². The van der Waals surface area contributed by atoms with Crippen molar-refractivity contribution in [3.05, 3.63) is 89.5 Å². The van der Waals surface area contributed by atoms with Gasteiger partial charge in [-0.1, -0.05) is 47.6 Å². The number of carbonyl (C=O) groups excluding carboxylic acids is 1. The number of hydrogen-bond acceptors (Lipinski definition) is 5. The second-order valence-electron chi connectivity index (χ2n) is 6.51. The number of nitrogens with zero attached hydrogens (tertiary/aromatic N) is 1. The lowest BCUT2D eigenvalue weighted by molar-refractivity contribution is 0.0912. The van der Waals surface area contributed by atoms with Gasteiger partial charge in [0.15, 0.2) is 0 Å². The number of rotatable bonds is 5. The van der Waals surface area contributed by atoms with Gasteiger partial charge in [-0.05, 0) is 23.8 Å². The molecule has 0 aliphatic heterocycles. The van der Waals surface area contributed by atoms with E-state index in [1.54, 1.807) is 30.5 Å². The molecule has 0 aliphatic rings. The van der Waals surface area contributed by atoms with Crippen LogP contribution < -0.4 is 10.7 Å². The van der Waals surface area contributed by atoms with Crippen LogP contribution in [-0.4, -0.2) is 27.8 Å². The Morgan fingerprint density at radius 1 is 1.10 bits per heavy atom. The molecule has 1 unspecified atom stereocenters. The Hall–Kier alpha value is -3.84. The fourth-order valence-corrected chi connectivity index (χ4v) is 3.17. The third-order valence-corrected chi connectivity index (χ3v) is 4.66. The van der Waals surface area contributed by atoms with Gasteiger partial charge < -0.3 is 25.0 Å². The average molecular weight is 389 g/mol. The van der Waals surface area contributed by atoms with Crippen LogP contribution in [0.1, 0.15) is 22.1 Å². The molecule has 0 spiro atoms. The summed E-state index contributed by atoms with van der Waals surface area (Å²) in [6.07, 6.45) is 1.64. The largest absolute Gasteiger partial charge is 0.456 e. The van der Waals surface area contributed by atoms with Crippen molar-refractivity contribution in [3.8, 4) is 11.3 Å². The smallest absolute Gasteiger partial charge is 0.268 e. The molecule has 2 heterocycles. The average Bonchev–Trinajstić information content (AvgIpc) is 3.27. The van der Waals surface area contributed by atoms with E-state index >= 15 is 0 Å². The zero-order valence-corrected chi connectivity index (χ0v) is 15.4. The van der Waals surface area contributed by atoms with Crippen molar-refractivity contribution in [2.24, 2.45) is 5.16 Å². The number of aliphatic hydroxyl groups is 1. The summed E-state index contributed by atoms with van der Waals surface area (Å²) in [7, 11) is 0. The Balaban J connectivity index is 1.61. The fraction of sp³-hybridized carbons (Fsp3) is 0.0909. The molecule has 4 rings (SSSR count). The van der Waals surface area contributed by atoms with E-state index in [0.29, 0.717) is 33.3 Å². The number of H-pyrrole nitrogens is 1. The first kappa shape index (κ1) is 18.5. The molecule has 2 aromatic heterocycles. The lowest BCUT2D eigenvalue weighted by Crippen LogP contribution is -2.30. The topological polar surface area (TPSA) is 111 Å². The van der Waals surface area contributed by atoms with Crippen LogP contribution in [0.2, 0.25) is 0 Å². The van der Waals surface area contributed by atoms with Gasteiger partial charge in [-0.2, -0.15) is 0 Å². The van der Waals surface area contributed by atoms with Crippen LogP contribution >= 0.6 is 0 Å². The van der Waals surface area contributed by atoms with E-state index in [-0.39, 0.29) is 12.5 Å². The fourth-order valence-electron chi connectivity index (χ4n) is 3.17. The molecule has 0 aliphatic carbocycles. The zero-order valence-electron chi connectivity index (χ0n) is 15.4. The van der Waals surface area contributed by atoms with Crippen LogP contribution in [0, 0.1) is 0 Å². The van der Waals surface area contributed by atoms with Gasteiger partial charge in [-0.15, -0.1) is 0 Å². The predicted molar refractivity (Wildman–Crippen MR) is 107 cm³/mol. The third-order valence-electron chi connectivity index (χ3n) is 4.66. The first-order valence-corrected chi connectivity index (χ1v) is 9.06. The van der Waals surface area contributed by atoms with Crippen molar-refractivity contribution < 1.29 is 19.5 Å². The van der Waals surface area contributed by atoms with Gasteiger partial charge in [-0.25, -0.2) is 0 Å². The Morgan fingerprint density at radius 3 is 2.62 bits per heavy atom. The van der Waals surface area contributed by atoms with E-state index in [9.17, 15) is 15.1 Å². The maximum absolute atomic E-state index is 12.6. The van der Waals surface area contributed by atoms with Crippen LogP contribution in [0.5, 0.6) is 0 Å². The van der Waals surface area contributed by atoms with Gasteiger partial charge in [0, 0.05) is 23.2 Å². The number of para-hydroxylation sites is 1. The van der Waals surface area contributed by atoms with Crippen molar-refractivity contribution in [2.45, 2.75) is 6.04 Å². The highest BCUT2D eigenvalue weighted by Crippen LogP contribution is 2.23. The second-order valence-corrected chi connectivity index (χ2v) is 6.51. The number of nitrogens with one attached hydrogen (secondary N) is 2. The van der Waals surface area contributed by atoms with E-state index in [0.717, 1.165) is 5.56 Å². The number of carbonyl (C=O) groups is 1. The minimum absolute atomic E-state index is 0.218. The lowest BCUT2D eigenvalue weighted by atomic mass is 10.1. The summed E-state index contributed by atoms with van der Waals surface area (Å²) in [4.78, 5) is 15.5. The number of hydrogen-bond donors (Lipinski definition) is 4. The SMILES string of the molecule is O=C(NC(CO)c1ccccc1)c1cc(-c2c/c(=N\O)c3ccccc3o2)c[nH]1. The molecule has 4 N–H and O–H groups in total. The minimum atomic E-state index is -0.513. The summed E-state index contributed by atoms with van der Waals surface area (Å²) in [6, 6.07) is 19.2. The third kappa shape index (κ3) is 3.76. The number of benzene rings is 2. The van der Waals surface area contributed by atoms with Gasteiger partial charge in [-0.3, -0.25) is 4.79 Å². The molecule has 29 heavy (non-hydrogen) atoms. The first-order valence-electron chi connectivity index (χ1n) is 9.06. The standard InChI is InChI=1S/C22H19N3O4/c26-13-19(14-6-2-1-3-7-14)24-22(27)18-10-15(12-23-18)21-11-17(25-28)16-8-4-5-9-20(16)29-21/h1-12,19,23,26,28H,13H2,(H,24,27)/b25-17+. The molecular weight excluding hydrogens is 370 g/mol. The van der Waals surface area contributed by atoms with Gasteiger partial charge >= 0.3 is 0 Å². The predicted octanol–water partition coefficient (Wildman–Crippen LogP) is 3.18.